The molecule has 0 spiro atoms. The molecule has 2 aromatic rings. The SMILES string of the molecule is CCC(C)C(=O)Oc1cccc(-c2ccccc2)c1. The van der Waals surface area contributed by atoms with Gasteiger partial charge in [-0.3, -0.25) is 4.79 Å². The molecule has 0 saturated heterocycles. The van der Waals surface area contributed by atoms with Crippen molar-refractivity contribution in [1.29, 1.82) is 0 Å². The molecule has 0 aliphatic carbocycles. The number of carbonyl (C=O) groups is 1. The standard InChI is InChI=1S/C17H18O2/c1-3-13(2)17(18)19-16-11-7-10-15(12-16)14-8-5-4-6-9-14/h4-13H,3H2,1-2H3. The molecule has 0 aliphatic rings. The fourth-order valence-electron chi connectivity index (χ4n) is 1.75. The summed E-state index contributed by atoms with van der Waals surface area (Å²) in [5.41, 5.74) is 2.17. The van der Waals surface area contributed by atoms with Gasteiger partial charge in [-0.25, -0.2) is 0 Å². The van der Waals surface area contributed by atoms with Crippen LogP contribution in [0, 0.1) is 5.92 Å². The first kappa shape index (κ1) is 13.3. The highest BCUT2D eigenvalue weighted by atomic mass is 16.5. The van der Waals surface area contributed by atoms with E-state index in [1.54, 1.807) is 0 Å². The smallest absolute Gasteiger partial charge is 0.314 e. The van der Waals surface area contributed by atoms with Gasteiger partial charge in [0.1, 0.15) is 5.75 Å². The van der Waals surface area contributed by atoms with Gasteiger partial charge in [0.05, 0.1) is 5.92 Å². The van der Waals surface area contributed by atoms with Crippen LogP contribution in [0.1, 0.15) is 20.3 Å². The monoisotopic (exact) mass is 254 g/mol. The second-order valence-corrected chi connectivity index (χ2v) is 4.62. The zero-order chi connectivity index (χ0) is 13.7. The average molecular weight is 254 g/mol. The maximum Gasteiger partial charge on any atom is 0.314 e. The number of hydrogen-bond donors (Lipinski definition) is 0. The lowest BCUT2D eigenvalue weighted by Gasteiger charge is -2.10. The van der Waals surface area contributed by atoms with E-state index in [4.69, 9.17) is 4.74 Å². The maximum atomic E-state index is 11.8. The fraction of sp³-hybridized carbons (Fsp3) is 0.235. The van der Waals surface area contributed by atoms with E-state index in [0.717, 1.165) is 17.5 Å². The number of hydrogen-bond acceptors (Lipinski definition) is 2. The highest BCUT2D eigenvalue weighted by molar-refractivity contribution is 5.75. The lowest BCUT2D eigenvalue weighted by atomic mass is 10.1. The van der Waals surface area contributed by atoms with Crippen molar-refractivity contribution in [3.05, 3.63) is 54.6 Å². The van der Waals surface area contributed by atoms with E-state index in [1.807, 2.05) is 68.4 Å². The third-order valence-electron chi connectivity index (χ3n) is 3.17. The summed E-state index contributed by atoms with van der Waals surface area (Å²) < 4.78 is 5.39. The molecule has 0 amide bonds. The number of ether oxygens (including phenoxy) is 1. The van der Waals surface area contributed by atoms with Crippen molar-refractivity contribution in [2.24, 2.45) is 5.92 Å². The fourth-order valence-corrected chi connectivity index (χ4v) is 1.75. The Morgan fingerprint density at radius 2 is 1.74 bits per heavy atom. The van der Waals surface area contributed by atoms with Crippen molar-refractivity contribution in [3.63, 3.8) is 0 Å². The van der Waals surface area contributed by atoms with Crippen molar-refractivity contribution >= 4 is 5.97 Å². The third kappa shape index (κ3) is 3.44. The summed E-state index contributed by atoms with van der Waals surface area (Å²) in [5, 5.41) is 0. The first-order valence-electron chi connectivity index (χ1n) is 6.58. The molecule has 98 valence electrons. The Morgan fingerprint density at radius 3 is 2.42 bits per heavy atom. The molecule has 2 rings (SSSR count). The van der Waals surface area contributed by atoms with E-state index in [0.29, 0.717) is 5.75 Å². The van der Waals surface area contributed by atoms with Gasteiger partial charge < -0.3 is 4.74 Å². The van der Waals surface area contributed by atoms with Crippen molar-refractivity contribution < 1.29 is 9.53 Å². The third-order valence-corrected chi connectivity index (χ3v) is 3.17. The van der Waals surface area contributed by atoms with E-state index in [-0.39, 0.29) is 11.9 Å². The van der Waals surface area contributed by atoms with Gasteiger partial charge in [0.15, 0.2) is 0 Å². The molecule has 19 heavy (non-hydrogen) atoms. The molecule has 1 unspecified atom stereocenters. The van der Waals surface area contributed by atoms with E-state index in [9.17, 15) is 4.79 Å². The molecule has 0 N–H and O–H groups in total. The van der Waals surface area contributed by atoms with Gasteiger partial charge in [0.2, 0.25) is 0 Å². The summed E-state index contributed by atoms with van der Waals surface area (Å²) in [6.45, 7) is 3.86. The zero-order valence-electron chi connectivity index (χ0n) is 11.3. The summed E-state index contributed by atoms with van der Waals surface area (Å²) >= 11 is 0. The molecule has 0 bridgehead atoms. The Morgan fingerprint density at radius 1 is 1.05 bits per heavy atom. The molecule has 0 heterocycles. The predicted molar refractivity (Wildman–Crippen MR) is 77.0 cm³/mol. The number of carbonyl (C=O) groups excluding carboxylic acids is 1. The second-order valence-electron chi connectivity index (χ2n) is 4.62. The van der Waals surface area contributed by atoms with Crippen molar-refractivity contribution in [2.75, 3.05) is 0 Å². The Balaban J connectivity index is 2.19. The van der Waals surface area contributed by atoms with Crippen LogP contribution in [0.15, 0.2) is 54.6 Å². The number of rotatable bonds is 4. The summed E-state index contributed by atoms with van der Waals surface area (Å²) in [6.07, 6.45) is 0.789. The maximum absolute atomic E-state index is 11.8. The molecule has 0 radical (unpaired) electrons. The minimum Gasteiger partial charge on any atom is -0.426 e. The highest BCUT2D eigenvalue weighted by Crippen LogP contribution is 2.24. The topological polar surface area (TPSA) is 26.3 Å². The Bertz CT molecular complexity index is 546. The molecule has 0 aliphatic heterocycles. The number of benzene rings is 2. The van der Waals surface area contributed by atoms with Crippen LogP contribution in [0.5, 0.6) is 5.75 Å². The Hall–Kier alpha value is -2.09. The molecule has 2 nitrogen and oxygen atoms in total. The Labute approximate surface area is 114 Å². The first-order valence-corrected chi connectivity index (χ1v) is 6.58. The quantitative estimate of drug-likeness (QED) is 0.600. The summed E-state index contributed by atoms with van der Waals surface area (Å²) in [5.74, 6) is 0.361. The van der Waals surface area contributed by atoms with E-state index >= 15 is 0 Å². The largest absolute Gasteiger partial charge is 0.426 e. The van der Waals surface area contributed by atoms with Crippen LogP contribution in [0.4, 0.5) is 0 Å². The molecule has 2 heteroatoms. The summed E-state index contributed by atoms with van der Waals surface area (Å²) in [6, 6.07) is 17.7. The lowest BCUT2D eigenvalue weighted by Crippen LogP contribution is -2.16. The highest BCUT2D eigenvalue weighted by Gasteiger charge is 2.13. The van der Waals surface area contributed by atoms with Crippen molar-refractivity contribution in [3.8, 4) is 16.9 Å². The van der Waals surface area contributed by atoms with Gasteiger partial charge in [-0.2, -0.15) is 0 Å². The van der Waals surface area contributed by atoms with Crippen LogP contribution in [-0.2, 0) is 4.79 Å². The summed E-state index contributed by atoms with van der Waals surface area (Å²) in [4.78, 5) is 11.8. The Kier molecular flexibility index (Phi) is 4.35. The van der Waals surface area contributed by atoms with Gasteiger partial charge in [-0.1, -0.05) is 56.3 Å². The van der Waals surface area contributed by atoms with Crippen molar-refractivity contribution in [1.82, 2.24) is 0 Å². The lowest BCUT2D eigenvalue weighted by molar-refractivity contribution is -0.138. The van der Waals surface area contributed by atoms with Gasteiger partial charge >= 0.3 is 5.97 Å². The minimum atomic E-state index is -0.173. The molecule has 1 atom stereocenters. The normalized spacial score (nSPS) is 11.9. The molecular weight excluding hydrogens is 236 g/mol. The average Bonchev–Trinajstić information content (AvgIpc) is 2.47. The molecule has 2 aromatic carbocycles. The van der Waals surface area contributed by atoms with E-state index in [2.05, 4.69) is 0 Å². The molecule has 0 fully saturated rings. The second kappa shape index (κ2) is 6.19. The first-order chi connectivity index (χ1) is 9.20. The van der Waals surface area contributed by atoms with Crippen LogP contribution >= 0.6 is 0 Å². The number of esters is 1. The van der Waals surface area contributed by atoms with Gasteiger partial charge in [-0.05, 0) is 29.7 Å². The minimum absolute atomic E-state index is 0.0691. The van der Waals surface area contributed by atoms with Gasteiger partial charge in [-0.15, -0.1) is 0 Å². The predicted octanol–water partition coefficient (Wildman–Crippen LogP) is 4.31. The van der Waals surface area contributed by atoms with Gasteiger partial charge in [0, 0.05) is 0 Å². The molecule has 0 aromatic heterocycles. The summed E-state index contributed by atoms with van der Waals surface area (Å²) in [7, 11) is 0. The van der Waals surface area contributed by atoms with Crippen LogP contribution in [-0.4, -0.2) is 5.97 Å². The zero-order valence-corrected chi connectivity index (χ0v) is 11.3. The molecular formula is C17H18O2. The van der Waals surface area contributed by atoms with E-state index < -0.39 is 0 Å². The van der Waals surface area contributed by atoms with Crippen LogP contribution in [0.25, 0.3) is 11.1 Å². The van der Waals surface area contributed by atoms with Crippen LogP contribution < -0.4 is 4.74 Å². The van der Waals surface area contributed by atoms with Crippen LogP contribution in [0.3, 0.4) is 0 Å². The molecule has 0 saturated carbocycles. The van der Waals surface area contributed by atoms with E-state index in [1.165, 1.54) is 0 Å². The van der Waals surface area contributed by atoms with Crippen molar-refractivity contribution in [2.45, 2.75) is 20.3 Å². The van der Waals surface area contributed by atoms with Gasteiger partial charge in [0.25, 0.3) is 0 Å². The van der Waals surface area contributed by atoms with Crippen LogP contribution in [0.2, 0.25) is 0 Å².